The monoisotopic (exact) mass is 384 g/mol. The van der Waals surface area contributed by atoms with E-state index in [4.69, 9.17) is 9.90 Å². The van der Waals surface area contributed by atoms with E-state index in [1.807, 2.05) is 22.9 Å². The van der Waals surface area contributed by atoms with Crippen LogP contribution in [-0.4, -0.2) is 29.2 Å². The van der Waals surface area contributed by atoms with Crippen LogP contribution in [0.4, 0.5) is 13.2 Å². The molecule has 3 N–H and O–H groups in total. The second-order valence-electron chi connectivity index (χ2n) is 7.00. The molecule has 0 saturated heterocycles. The van der Waals surface area contributed by atoms with Gasteiger partial charge in [0.15, 0.2) is 0 Å². The molecular formula is C19H23F3N2O3. The quantitative estimate of drug-likeness (QED) is 0.877. The van der Waals surface area contributed by atoms with Crippen LogP contribution in [0.2, 0.25) is 0 Å². The Labute approximate surface area is 155 Å². The summed E-state index contributed by atoms with van der Waals surface area (Å²) in [6, 6.07) is 8.22. The van der Waals surface area contributed by atoms with E-state index in [0.29, 0.717) is 0 Å². The molecule has 1 aliphatic carbocycles. The first-order chi connectivity index (χ1) is 12.6. The van der Waals surface area contributed by atoms with Crippen LogP contribution in [0.1, 0.15) is 43.0 Å². The molecule has 0 atom stereocenters. The van der Waals surface area contributed by atoms with Crippen LogP contribution in [0.15, 0.2) is 30.5 Å². The number of carboxylic acids is 1. The van der Waals surface area contributed by atoms with Crippen LogP contribution in [-0.2, 0) is 11.2 Å². The highest BCUT2D eigenvalue weighted by molar-refractivity contribution is 5.96. The van der Waals surface area contributed by atoms with Crippen molar-refractivity contribution in [3.8, 4) is 0 Å². The minimum absolute atomic E-state index is 0.177. The molecule has 1 fully saturated rings. The molecule has 1 heterocycles. The van der Waals surface area contributed by atoms with Crippen LogP contribution < -0.4 is 10.8 Å². The fourth-order valence-corrected chi connectivity index (χ4v) is 3.47. The molecule has 0 amide bonds. The Morgan fingerprint density at radius 2 is 1.78 bits per heavy atom. The molecule has 5 nitrogen and oxygen atoms in total. The third kappa shape index (κ3) is 4.68. The molecule has 0 aliphatic heterocycles. The van der Waals surface area contributed by atoms with E-state index < -0.39 is 12.1 Å². The van der Waals surface area contributed by atoms with Crippen LogP contribution in [0.25, 0.3) is 10.9 Å². The number of para-hydroxylation sites is 1. The number of alkyl halides is 3. The third-order valence-electron chi connectivity index (χ3n) is 4.91. The second kappa shape index (κ2) is 8.12. The Bertz CT molecular complexity index is 821. The lowest BCUT2D eigenvalue weighted by molar-refractivity contribution is -0.366. The number of rotatable bonds is 3. The number of hydrogen-bond acceptors (Lipinski definition) is 3. The normalized spacial score (nSPS) is 16.0. The van der Waals surface area contributed by atoms with Crippen molar-refractivity contribution in [2.24, 2.45) is 5.41 Å². The third-order valence-corrected chi connectivity index (χ3v) is 4.91. The smallest absolute Gasteiger partial charge is 0.430 e. The average Bonchev–Trinajstić information content (AvgIpc) is 3.20. The zero-order chi connectivity index (χ0) is 20.2. The summed E-state index contributed by atoms with van der Waals surface area (Å²) >= 11 is 0. The van der Waals surface area contributed by atoms with Gasteiger partial charge in [-0.2, -0.15) is 13.2 Å². The Morgan fingerprint density at radius 3 is 2.30 bits per heavy atom. The number of hydrogen-bond donors (Lipinski definition) is 1. The molecule has 0 unspecified atom stereocenters. The van der Waals surface area contributed by atoms with E-state index in [1.165, 1.54) is 23.8 Å². The molecule has 8 heteroatoms. The van der Waals surface area contributed by atoms with Gasteiger partial charge >= 0.3 is 6.18 Å². The van der Waals surface area contributed by atoms with Gasteiger partial charge in [0.2, 0.25) is 5.91 Å². The van der Waals surface area contributed by atoms with E-state index in [2.05, 4.69) is 24.8 Å². The number of nitrogens with zero attached hydrogens (tertiary/aromatic N) is 1. The number of fused-ring (bicyclic) bond motifs is 1. The summed E-state index contributed by atoms with van der Waals surface area (Å²) in [5.74, 6) is -2.74. The number of quaternary nitrogens is 1. The fourth-order valence-electron chi connectivity index (χ4n) is 3.47. The molecule has 27 heavy (non-hydrogen) atoms. The van der Waals surface area contributed by atoms with Gasteiger partial charge in [-0.15, -0.1) is 0 Å². The van der Waals surface area contributed by atoms with Crippen molar-refractivity contribution in [1.82, 2.24) is 4.57 Å². The highest BCUT2D eigenvalue weighted by Gasteiger charge is 2.37. The summed E-state index contributed by atoms with van der Waals surface area (Å²) in [7, 11) is 0. The molecule has 1 aromatic carbocycles. The minimum Gasteiger partial charge on any atom is -0.542 e. The topological polar surface area (TPSA) is 89.8 Å². The molecule has 1 saturated carbocycles. The standard InChI is InChI=1S/C17H22N2O.C2HF3O2/c1-17(9-4-5-10-17)16(20)19-12-13(8-11-18)14-6-2-3-7-15(14)19;3-2(4,5)1(6)7/h2-3,6-7,12H,4-5,8-11,18H2,1H3;(H,6,7). The van der Waals surface area contributed by atoms with Crippen LogP contribution in [0.5, 0.6) is 0 Å². The Hall–Kier alpha value is -2.35. The van der Waals surface area contributed by atoms with E-state index in [9.17, 15) is 18.0 Å². The molecular weight excluding hydrogens is 361 g/mol. The van der Waals surface area contributed by atoms with Gasteiger partial charge < -0.3 is 15.6 Å². The number of carbonyl (C=O) groups excluding carboxylic acids is 2. The maximum Gasteiger partial charge on any atom is 0.430 e. The van der Waals surface area contributed by atoms with Crippen molar-refractivity contribution in [2.45, 2.75) is 45.2 Å². The van der Waals surface area contributed by atoms with Gasteiger partial charge in [-0.3, -0.25) is 9.36 Å². The summed E-state index contributed by atoms with van der Waals surface area (Å²) in [6.45, 7) is 2.98. The predicted octanol–water partition coefficient (Wildman–Crippen LogP) is 1.94. The summed E-state index contributed by atoms with van der Waals surface area (Å²) in [5.41, 5.74) is 6.05. The first-order valence-corrected chi connectivity index (χ1v) is 8.81. The van der Waals surface area contributed by atoms with Gasteiger partial charge in [0.25, 0.3) is 0 Å². The summed E-state index contributed by atoms with van der Waals surface area (Å²) in [5, 5.41) is 9.98. The van der Waals surface area contributed by atoms with Gasteiger partial charge in [-0.1, -0.05) is 38.0 Å². The second-order valence-corrected chi connectivity index (χ2v) is 7.00. The van der Waals surface area contributed by atoms with Crippen LogP contribution >= 0.6 is 0 Å². The lowest BCUT2D eigenvalue weighted by Crippen LogP contribution is -2.51. The van der Waals surface area contributed by atoms with E-state index in [0.717, 1.165) is 31.3 Å². The van der Waals surface area contributed by atoms with Gasteiger partial charge in [-0.05, 0) is 24.5 Å². The largest absolute Gasteiger partial charge is 0.542 e. The predicted molar refractivity (Wildman–Crippen MR) is 91.7 cm³/mol. The van der Waals surface area contributed by atoms with E-state index in [1.54, 1.807) is 0 Å². The highest BCUT2D eigenvalue weighted by Crippen LogP contribution is 2.40. The molecule has 1 aromatic heterocycles. The molecule has 3 rings (SSSR count). The van der Waals surface area contributed by atoms with Crippen LogP contribution in [0.3, 0.4) is 0 Å². The Balaban J connectivity index is 0.000000321. The maximum absolute atomic E-state index is 12.9. The average molecular weight is 384 g/mol. The van der Waals surface area contributed by atoms with Gasteiger partial charge in [0.1, 0.15) is 5.97 Å². The number of halogens is 3. The Morgan fingerprint density at radius 1 is 1.22 bits per heavy atom. The summed E-state index contributed by atoms with van der Waals surface area (Å²) in [6.07, 6.45) is 2.16. The first kappa shape index (κ1) is 21.0. The van der Waals surface area contributed by atoms with Crippen molar-refractivity contribution >= 4 is 22.8 Å². The van der Waals surface area contributed by atoms with Crippen molar-refractivity contribution in [3.05, 3.63) is 36.0 Å². The molecule has 148 valence electrons. The molecule has 0 bridgehead atoms. The number of aromatic nitrogens is 1. The summed E-state index contributed by atoms with van der Waals surface area (Å²) in [4.78, 5) is 21.7. The SMILES string of the molecule is CC1(C(=O)n2cc(CC[NH3+])c3ccccc32)CCCC1.O=C([O-])C(F)(F)F. The maximum atomic E-state index is 12.9. The van der Waals surface area contributed by atoms with Gasteiger partial charge in [0, 0.05) is 23.4 Å². The van der Waals surface area contributed by atoms with Gasteiger partial charge in [0.05, 0.1) is 12.1 Å². The van der Waals surface area contributed by atoms with Crippen molar-refractivity contribution in [2.75, 3.05) is 6.54 Å². The molecule has 0 radical (unpaired) electrons. The first-order valence-electron chi connectivity index (χ1n) is 8.81. The number of aliphatic carboxylic acids is 1. The van der Waals surface area contributed by atoms with Gasteiger partial charge in [-0.25, -0.2) is 0 Å². The molecule has 2 aromatic rings. The van der Waals surface area contributed by atoms with E-state index in [-0.39, 0.29) is 11.3 Å². The Kier molecular flexibility index (Phi) is 6.30. The van der Waals surface area contributed by atoms with Crippen molar-refractivity contribution in [1.29, 1.82) is 0 Å². The lowest BCUT2D eigenvalue weighted by Gasteiger charge is -2.22. The van der Waals surface area contributed by atoms with Crippen LogP contribution in [0, 0.1) is 5.41 Å². The number of carbonyl (C=O) groups is 2. The zero-order valence-corrected chi connectivity index (χ0v) is 15.1. The number of benzene rings is 1. The van der Waals surface area contributed by atoms with E-state index >= 15 is 0 Å². The minimum atomic E-state index is -5.19. The fraction of sp³-hybridized carbons (Fsp3) is 0.474. The highest BCUT2D eigenvalue weighted by atomic mass is 19.4. The lowest BCUT2D eigenvalue weighted by atomic mass is 9.87. The number of carboxylic acid groups (broad SMARTS) is 1. The van der Waals surface area contributed by atoms with Crippen molar-refractivity contribution in [3.63, 3.8) is 0 Å². The van der Waals surface area contributed by atoms with Crippen molar-refractivity contribution < 1.29 is 33.6 Å². The summed E-state index contributed by atoms with van der Waals surface area (Å²) < 4.78 is 33.4. The zero-order valence-electron chi connectivity index (χ0n) is 15.1. The molecule has 0 spiro atoms. The molecule has 1 aliphatic rings.